The third kappa shape index (κ3) is 5.26. The number of rotatable bonds is 5. The molecule has 0 saturated heterocycles. The van der Waals surface area contributed by atoms with Gasteiger partial charge in [0.1, 0.15) is 0 Å². The van der Waals surface area contributed by atoms with Gasteiger partial charge in [-0.05, 0) is 69.9 Å². The molecule has 7 heteroatoms. The lowest BCUT2D eigenvalue weighted by Crippen LogP contribution is -2.44. The molecule has 152 valence electrons. The highest BCUT2D eigenvalue weighted by Crippen LogP contribution is 2.26. The fourth-order valence-corrected chi connectivity index (χ4v) is 4.17. The van der Waals surface area contributed by atoms with Crippen LogP contribution in [0.25, 0.3) is 0 Å². The molecule has 0 fully saturated rings. The van der Waals surface area contributed by atoms with E-state index in [2.05, 4.69) is 5.32 Å². The molecule has 0 atom stereocenters. The summed E-state index contributed by atoms with van der Waals surface area (Å²) in [6.07, 6.45) is -0.941. The Bertz CT molecular complexity index is 857. The predicted molar refractivity (Wildman–Crippen MR) is 114 cm³/mol. The number of carboxylic acid groups (broad SMARTS) is 1. The van der Waals surface area contributed by atoms with E-state index in [-0.39, 0.29) is 5.91 Å². The van der Waals surface area contributed by atoms with Crippen LogP contribution in [0.2, 0.25) is 5.02 Å². The van der Waals surface area contributed by atoms with E-state index in [0.717, 1.165) is 27.1 Å². The van der Waals surface area contributed by atoms with Gasteiger partial charge < -0.3 is 10.4 Å². The Morgan fingerprint density at radius 3 is 2.14 bits per heavy atom. The van der Waals surface area contributed by atoms with Crippen molar-refractivity contribution in [2.75, 3.05) is 0 Å². The van der Waals surface area contributed by atoms with Crippen molar-refractivity contribution < 1.29 is 14.7 Å². The summed E-state index contributed by atoms with van der Waals surface area (Å²) in [6, 6.07) is 5.66. The van der Waals surface area contributed by atoms with Gasteiger partial charge in [0.05, 0.1) is 9.90 Å². The highest BCUT2D eigenvalue weighted by molar-refractivity contribution is 7.14. The van der Waals surface area contributed by atoms with Gasteiger partial charge in [-0.3, -0.25) is 9.69 Å². The van der Waals surface area contributed by atoms with E-state index in [1.165, 1.54) is 16.2 Å². The molecular formula is C21H27ClN2O3S. The number of halogens is 1. The van der Waals surface area contributed by atoms with Crippen molar-refractivity contribution in [1.82, 2.24) is 10.2 Å². The van der Waals surface area contributed by atoms with Crippen molar-refractivity contribution in [1.29, 1.82) is 0 Å². The summed E-state index contributed by atoms with van der Waals surface area (Å²) >= 11 is 7.41. The number of thiophene rings is 1. The summed E-state index contributed by atoms with van der Waals surface area (Å²) in [5.74, 6) is -0.146. The number of hydrogen-bond acceptors (Lipinski definition) is 3. The normalized spacial score (nSPS) is 11.4. The average molecular weight is 423 g/mol. The molecule has 1 heterocycles. The first kappa shape index (κ1) is 22.2. The van der Waals surface area contributed by atoms with Gasteiger partial charge in [0.2, 0.25) is 0 Å². The standard InChI is InChI=1S/C21H27ClN2O3S/c1-12-7-15(11-24(20(26)27)21(4,5)6)8-13(2)16(12)10-23-19(25)18-9-17(22)14(3)28-18/h7-9H,10-11H2,1-6H3,(H,23,25)(H,26,27). The summed E-state index contributed by atoms with van der Waals surface area (Å²) < 4.78 is 0. The molecule has 0 aliphatic rings. The second-order valence-corrected chi connectivity index (χ2v) is 9.61. The van der Waals surface area contributed by atoms with Crippen LogP contribution < -0.4 is 5.32 Å². The van der Waals surface area contributed by atoms with E-state index >= 15 is 0 Å². The molecule has 2 aromatic rings. The van der Waals surface area contributed by atoms with Gasteiger partial charge in [-0.2, -0.15) is 0 Å². The number of nitrogens with zero attached hydrogens (tertiary/aromatic N) is 1. The molecule has 0 unspecified atom stereocenters. The Morgan fingerprint density at radius 2 is 1.71 bits per heavy atom. The minimum absolute atomic E-state index is 0.146. The van der Waals surface area contributed by atoms with E-state index in [1.54, 1.807) is 6.07 Å². The average Bonchev–Trinajstić information content (AvgIpc) is 2.89. The Morgan fingerprint density at radius 1 is 1.14 bits per heavy atom. The van der Waals surface area contributed by atoms with Gasteiger partial charge >= 0.3 is 6.09 Å². The lowest BCUT2D eigenvalue weighted by molar-refractivity contribution is 0.0944. The first-order valence-corrected chi connectivity index (χ1v) is 10.2. The quantitative estimate of drug-likeness (QED) is 0.664. The van der Waals surface area contributed by atoms with Crippen LogP contribution in [-0.2, 0) is 13.1 Å². The maximum absolute atomic E-state index is 12.4. The molecule has 0 saturated carbocycles. The molecule has 0 spiro atoms. The largest absolute Gasteiger partial charge is 0.465 e. The van der Waals surface area contributed by atoms with E-state index in [0.29, 0.717) is 23.0 Å². The number of amides is 2. The van der Waals surface area contributed by atoms with Crippen LogP contribution in [0.1, 0.15) is 57.6 Å². The summed E-state index contributed by atoms with van der Waals surface area (Å²) in [7, 11) is 0. The zero-order chi connectivity index (χ0) is 21.2. The number of benzene rings is 1. The van der Waals surface area contributed by atoms with Gasteiger partial charge in [0.25, 0.3) is 5.91 Å². The van der Waals surface area contributed by atoms with Gasteiger partial charge in [-0.1, -0.05) is 23.7 Å². The topological polar surface area (TPSA) is 69.6 Å². The van der Waals surface area contributed by atoms with Gasteiger partial charge in [0.15, 0.2) is 0 Å². The molecule has 1 aromatic heterocycles. The van der Waals surface area contributed by atoms with Gasteiger partial charge in [0, 0.05) is 23.5 Å². The lowest BCUT2D eigenvalue weighted by atomic mass is 9.97. The molecule has 2 rings (SSSR count). The van der Waals surface area contributed by atoms with Crippen molar-refractivity contribution in [2.45, 2.75) is 60.2 Å². The van der Waals surface area contributed by atoms with Crippen LogP contribution in [-0.4, -0.2) is 27.5 Å². The maximum atomic E-state index is 12.4. The Kier molecular flexibility index (Phi) is 6.78. The minimum atomic E-state index is -0.941. The Labute approximate surface area is 175 Å². The third-order valence-electron chi connectivity index (χ3n) is 4.64. The molecule has 2 amide bonds. The number of carbonyl (C=O) groups is 2. The number of aryl methyl sites for hydroxylation is 3. The zero-order valence-corrected chi connectivity index (χ0v) is 18.7. The Balaban J connectivity index is 2.15. The SMILES string of the molecule is Cc1cc(CN(C(=O)O)C(C)(C)C)cc(C)c1CNC(=O)c1cc(Cl)c(C)s1. The van der Waals surface area contributed by atoms with Crippen molar-refractivity contribution in [3.63, 3.8) is 0 Å². The van der Waals surface area contributed by atoms with Crippen LogP contribution in [0.4, 0.5) is 4.79 Å². The third-order valence-corrected chi connectivity index (χ3v) is 6.20. The fourth-order valence-electron chi connectivity index (χ4n) is 3.06. The number of hydrogen-bond donors (Lipinski definition) is 2. The van der Waals surface area contributed by atoms with Crippen molar-refractivity contribution in [3.8, 4) is 0 Å². The van der Waals surface area contributed by atoms with Gasteiger partial charge in [-0.15, -0.1) is 11.3 Å². The molecule has 0 radical (unpaired) electrons. The van der Waals surface area contributed by atoms with Crippen molar-refractivity contribution >= 4 is 34.9 Å². The van der Waals surface area contributed by atoms with E-state index in [4.69, 9.17) is 11.6 Å². The van der Waals surface area contributed by atoms with Crippen LogP contribution >= 0.6 is 22.9 Å². The summed E-state index contributed by atoms with van der Waals surface area (Å²) in [4.78, 5) is 26.9. The van der Waals surface area contributed by atoms with Gasteiger partial charge in [-0.25, -0.2) is 4.79 Å². The molecule has 5 nitrogen and oxygen atoms in total. The Hall–Kier alpha value is -2.05. The summed E-state index contributed by atoms with van der Waals surface area (Å²) in [5.41, 5.74) is 3.53. The lowest BCUT2D eigenvalue weighted by Gasteiger charge is -2.33. The van der Waals surface area contributed by atoms with Crippen molar-refractivity contribution in [2.24, 2.45) is 0 Å². The molecule has 0 bridgehead atoms. The number of nitrogens with one attached hydrogen (secondary N) is 1. The molecule has 0 aliphatic carbocycles. The minimum Gasteiger partial charge on any atom is -0.465 e. The summed E-state index contributed by atoms with van der Waals surface area (Å²) in [5, 5.41) is 13.1. The number of carbonyl (C=O) groups excluding carboxylic acids is 1. The summed E-state index contributed by atoms with van der Waals surface area (Å²) in [6.45, 7) is 12.2. The maximum Gasteiger partial charge on any atom is 0.408 e. The highest BCUT2D eigenvalue weighted by atomic mass is 35.5. The van der Waals surface area contributed by atoms with Crippen LogP contribution in [0.5, 0.6) is 0 Å². The van der Waals surface area contributed by atoms with Crippen molar-refractivity contribution in [3.05, 3.63) is 55.2 Å². The smallest absolute Gasteiger partial charge is 0.408 e. The van der Waals surface area contributed by atoms with Crippen LogP contribution in [0.15, 0.2) is 18.2 Å². The first-order chi connectivity index (χ1) is 12.9. The monoisotopic (exact) mass is 422 g/mol. The van der Waals surface area contributed by atoms with E-state index in [1.807, 2.05) is 53.7 Å². The second-order valence-electron chi connectivity index (χ2n) is 7.95. The molecule has 2 N–H and O–H groups in total. The fraction of sp³-hybridized carbons (Fsp3) is 0.429. The molecular weight excluding hydrogens is 396 g/mol. The van der Waals surface area contributed by atoms with Crippen LogP contribution in [0.3, 0.4) is 0 Å². The highest BCUT2D eigenvalue weighted by Gasteiger charge is 2.26. The molecule has 0 aliphatic heterocycles. The first-order valence-electron chi connectivity index (χ1n) is 9.04. The predicted octanol–water partition coefficient (Wildman–Crippen LogP) is 5.54. The molecule has 1 aromatic carbocycles. The van der Waals surface area contributed by atoms with Crippen LogP contribution in [0, 0.1) is 20.8 Å². The molecule has 28 heavy (non-hydrogen) atoms. The zero-order valence-electron chi connectivity index (χ0n) is 17.1. The van der Waals surface area contributed by atoms with E-state index < -0.39 is 11.6 Å². The second kappa shape index (κ2) is 8.53. The van der Waals surface area contributed by atoms with E-state index in [9.17, 15) is 14.7 Å².